The van der Waals surface area contributed by atoms with Gasteiger partial charge in [0, 0.05) is 18.4 Å². The molecule has 1 aliphatic heterocycles. The molecule has 12 heteroatoms. The minimum atomic E-state index is -4.40. The quantitative estimate of drug-likeness (QED) is 0.537. The van der Waals surface area contributed by atoms with Crippen molar-refractivity contribution in [3.63, 3.8) is 0 Å². The second-order valence-electron chi connectivity index (χ2n) is 5.88. The first-order valence-electron chi connectivity index (χ1n) is 7.77. The Morgan fingerprint density at radius 1 is 1.19 bits per heavy atom. The van der Waals surface area contributed by atoms with Crippen molar-refractivity contribution in [3.05, 3.63) is 36.0 Å². The van der Waals surface area contributed by atoms with Crippen molar-refractivity contribution in [2.45, 2.75) is 17.6 Å². The van der Waals surface area contributed by atoms with E-state index in [1.54, 1.807) is 18.2 Å². The number of fused-ring (bicyclic) bond motifs is 2. The molecule has 142 valence electrons. The Kier molecular flexibility index (Phi) is 3.96. The zero-order valence-corrected chi connectivity index (χ0v) is 14.4. The molecule has 8 nitrogen and oxygen atoms in total. The number of rotatable bonds is 4. The highest BCUT2D eigenvalue weighted by atomic mass is 32.2. The zero-order valence-electron chi connectivity index (χ0n) is 13.6. The predicted molar refractivity (Wildman–Crippen MR) is 92.2 cm³/mol. The molecule has 0 radical (unpaired) electrons. The largest absolute Gasteiger partial charge is 0.405 e. The summed E-state index contributed by atoms with van der Waals surface area (Å²) in [6.45, 7) is -1.03. The van der Waals surface area contributed by atoms with E-state index in [0.717, 1.165) is 0 Å². The van der Waals surface area contributed by atoms with Crippen LogP contribution in [0.3, 0.4) is 0 Å². The first kappa shape index (κ1) is 17.5. The molecule has 27 heavy (non-hydrogen) atoms. The Bertz CT molecular complexity index is 1130. The van der Waals surface area contributed by atoms with E-state index >= 15 is 0 Å². The topological polar surface area (TPSA) is 112 Å². The molecule has 1 aliphatic rings. The molecular weight excluding hydrogens is 385 g/mol. The maximum Gasteiger partial charge on any atom is 0.405 e. The third kappa shape index (κ3) is 3.53. The molecule has 1 aromatic carbocycles. The van der Waals surface area contributed by atoms with Crippen LogP contribution in [0.5, 0.6) is 0 Å². The number of hydrogen-bond donors (Lipinski definition) is 4. The van der Waals surface area contributed by atoms with Crippen LogP contribution in [-0.4, -0.2) is 36.1 Å². The molecule has 0 unspecified atom stereocenters. The Morgan fingerprint density at radius 2 is 2.00 bits per heavy atom. The fourth-order valence-corrected chi connectivity index (χ4v) is 3.99. The summed E-state index contributed by atoms with van der Waals surface area (Å²) < 4.78 is 63.9. The predicted octanol–water partition coefficient (Wildman–Crippen LogP) is 2.47. The SMILES string of the molecule is O=S1(=O)NCc2ccc(Nc3nc(NCC(F)(F)F)c4cc[nH]c4n3)cc21. The minimum absolute atomic E-state index is 0.0107. The number of sulfonamides is 1. The lowest BCUT2D eigenvalue weighted by Gasteiger charge is -2.12. The van der Waals surface area contributed by atoms with Gasteiger partial charge < -0.3 is 15.6 Å². The van der Waals surface area contributed by atoms with E-state index in [1.165, 1.54) is 12.3 Å². The Balaban J connectivity index is 1.67. The maximum atomic E-state index is 12.5. The number of aromatic amines is 1. The van der Waals surface area contributed by atoms with Crippen molar-refractivity contribution in [3.8, 4) is 0 Å². The van der Waals surface area contributed by atoms with E-state index in [9.17, 15) is 21.6 Å². The van der Waals surface area contributed by atoms with Crippen LogP contribution in [0, 0.1) is 0 Å². The lowest BCUT2D eigenvalue weighted by molar-refractivity contribution is -0.115. The fourth-order valence-electron chi connectivity index (χ4n) is 2.72. The van der Waals surface area contributed by atoms with Gasteiger partial charge in [0.05, 0.1) is 10.3 Å². The van der Waals surface area contributed by atoms with Gasteiger partial charge in [0.2, 0.25) is 16.0 Å². The molecule has 4 rings (SSSR count). The highest BCUT2D eigenvalue weighted by Gasteiger charge is 2.28. The van der Waals surface area contributed by atoms with Crippen LogP contribution in [0.4, 0.5) is 30.6 Å². The van der Waals surface area contributed by atoms with Crippen molar-refractivity contribution >= 4 is 38.5 Å². The number of halogens is 3. The third-order valence-electron chi connectivity index (χ3n) is 3.94. The number of hydrogen-bond acceptors (Lipinski definition) is 6. The summed E-state index contributed by atoms with van der Waals surface area (Å²) >= 11 is 0. The van der Waals surface area contributed by atoms with Gasteiger partial charge in [-0.25, -0.2) is 13.1 Å². The van der Waals surface area contributed by atoms with Crippen molar-refractivity contribution in [2.24, 2.45) is 0 Å². The minimum Gasteiger partial charge on any atom is -0.360 e. The molecule has 0 saturated carbocycles. The summed E-state index contributed by atoms with van der Waals surface area (Å²) in [5, 5.41) is 5.50. The normalized spacial score (nSPS) is 15.7. The molecule has 0 atom stereocenters. The molecular formula is C15H13F3N6O2S. The molecule has 3 heterocycles. The summed E-state index contributed by atoms with van der Waals surface area (Å²) in [7, 11) is -3.55. The summed E-state index contributed by atoms with van der Waals surface area (Å²) in [5.41, 5.74) is 1.37. The van der Waals surface area contributed by atoms with Gasteiger partial charge in [0.1, 0.15) is 18.0 Å². The van der Waals surface area contributed by atoms with Gasteiger partial charge in [-0.1, -0.05) is 6.07 Å². The number of anilines is 3. The van der Waals surface area contributed by atoms with Gasteiger partial charge in [0.15, 0.2) is 0 Å². The third-order valence-corrected chi connectivity index (χ3v) is 5.42. The highest BCUT2D eigenvalue weighted by Crippen LogP contribution is 2.28. The van der Waals surface area contributed by atoms with Gasteiger partial charge in [-0.3, -0.25) is 0 Å². The van der Waals surface area contributed by atoms with E-state index < -0.39 is 22.7 Å². The van der Waals surface area contributed by atoms with E-state index in [2.05, 4.69) is 30.3 Å². The summed E-state index contributed by atoms with van der Waals surface area (Å²) in [6, 6.07) is 6.28. The molecule has 0 aliphatic carbocycles. The number of H-pyrrole nitrogens is 1. The first-order chi connectivity index (χ1) is 12.7. The van der Waals surface area contributed by atoms with E-state index in [4.69, 9.17) is 0 Å². The van der Waals surface area contributed by atoms with Crippen LogP contribution in [-0.2, 0) is 16.6 Å². The molecule has 4 N–H and O–H groups in total. The molecule has 0 saturated heterocycles. The lowest BCUT2D eigenvalue weighted by atomic mass is 10.2. The summed E-state index contributed by atoms with van der Waals surface area (Å²) in [6.07, 6.45) is -2.86. The smallest absolute Gasteiger partial charge is 0.360 e. The number of nitrogens with zero attached hydrogens (tertiary/aromatic N) is 2. The summed E-state index contributed by atoms with van der Waals surface area (Å²) in [4.78, 5) is 11.2. The number of nitrogens with one attached hydrogen (secondary N) is 4. The molecule has 0 amide bonds. The van der Waals surface area contributed by atoms with Gasteiger partial charge in [-0.15, -0.1) is 0 Å². The second-order valence-corrected chi connectivity index (χ2v) is 7.61. The Hall–Kier alpha value is -2.86. The van der Waals surface area contributed by atoms with Crippen molar-refractivity contribution in [1.82, 2.24) is 19.7 Å². The Morgan fingerprint density at radius 3 is 2.78 bits per heavy atom. The first-order valence-corrected chi connectivity index (χ1v) is 9.25. The van der Waals surface area contributed by atoms with Crippen LogP contribution >= 0.6 is 0 Å². The van der Waals surface area contributed by atoms with Gasteiger partial charge >= 0.3 is 6.18 Å². The van der Waals surface area contributed by atoms with E-state index in [0.29, 0.717) is 22.3 Å². The van der Waals surface area contributed by atoms with Crippen molar-refractivity contribution in [2.75, 3.05) is 17.2 Å². The van der Waals surface area contributed by atoms with Gasteiger partial charge in [-0.05, 0) is 23.8 Å². The van der Waals surface area contributed by atoms with Crippen LogP contribution < -0.4 is 15.4 Å². The monoisotopic (exact) mass is 398 g/mol. The fraction of sp³-hybridized carbons (Fsp3) is 0.200. The number of benzene rings is 1. The zero-order chi connectivity index (χ0) is 19.2. The lowest BCUT2D eigenvalue weighted by Crippen LogP contribution is -2.22. The molecule has 0 spiro atoms. The van der Waals surface area contributed by atoms with Crippen molar-refractivity contribution in [1.29, 1.82) is 0 Å². The van der Waals surface area contributed by atoms with Crippen LogP contribution in [0.2, 0.25) is 0 Å². The van der Waals surface area contributed by atoms with Gasteiger partial charge in [0.25, 0.3) is 0 Å². The van der Waals surface area contributed by atoms with E-state index in [1.807, 2.05) is 0 Å². The van der Waals surface area contributed by atoms with E-state index in [-0.39, 0.29) is 23.2 Å². The number of alkyl halides is 3. The maximum absolute atomic E-state index is 12.5. The second kappa shape index (κ2) is 6.09. The summed E-state index contributed by atoms with van der Waals surface area (Å²) in [5.74, 6) is 0.0365. The molecule has 0 fully saturated rings. The number of aromatic nitrogens is 3. The van der Waals surface area contributed by atoms with Gasteiger partial charge in [-0.2, -0.15) is 23.1 Å². The Labute approximate surface area is 151 Å². The highest BCUT2D eigenvalue weighted by molar-refractivity contribution is 7.89. The van der Waals surface area contributed by atoms with Crippen LogP contribution in [0.15, 0.2) is 35.4 Å². The molecule has 3 aromatic rings. The molecule has 2 aromatic heterocycles. The van der Waals surface area contributed by atoms with Crippen molar-refractivity contribution < 1.29 is 21.6 Å². The average Bonchev–Trinajstić information content (AvgIpc) is 3.17. The standard InChI is InChI=1S/C15H13F3N6O2S/c16-15(17,18)7-20-13-10-3-4-19-12(10)23-14(24-13)22-9-2-1-8-6-21-27(25,26)11(8)5-9/h1-5,21H,6-7H2,(H3,19,20,22,23,24). The van der Waals surface area contributed by atoms with Crippen LogP contribution in [0.25, 0.3) is 11.0 Å². The van der Waals surface area contributed by atoms with Crippen LogP contribution in [0.1, 0.15) is 5.56 Å². The molecule has 0 bridgehead atoms. The average molecular weight is 398 g/mol.